The second kappa shape index (κ2) is 10.2. The molecule has 11 heteroatoms. The van der Waals surface area contributed by atoms with Gasteiger partial charge in [0.25, 0.3) is 0 Å². The number of halogens is 3. The molecule has 0 aliphatic rings. The Bertz CT molecular complexity index is 1270. The molecule has 1 heterocycles. The number of nitrogens with zero attached hydrogens (tertiary/aromatic N) is 1. The van der Waals surface area contributed by atoms with Crippen LogP contribution in [0.25, 0.3) is 11.1 Å². The molecule has 3 N–H and O–H groups in total. The molecule has 1 aromatic heterocycles. The fourth-order valence-corrected chi connectivity index (χ4v) is 3.32. The first kappa shape index (κ1) is 25.2. The number of pyridine rings is 1. The van der Waals surface area contributed by atoms with E-state index in [1.165, 1.54) is 13.2 Å². The first-order valence-corrected chi connectivity index (χ1v) is 10.1. The Morgan fingerprint density at radius 1 is 1.00 bits per heavy atom. The predicted molar refractivity (Wildman–Crippen MR) is 122 cm³/mol. The van der Waals surface area contributed by atoms with E-state index in [1.54, 1.807) is 36.5 Å². The minimum atomic E-state index is -4.72. The maximum absolute atomic E-state index is 13.3. The molecule has 2 aromatic carbocycles. The van der Waals surface area contributed by atoms with Gasteiger partial charge in [-0.05, 0) is 42.3 Å². The Kier molecular flexibility index (Phi) is 7.38. The Labute approximate surface area is 197 Å². The van der Waals surface area contributed by atoms with Crippen molar-refractivity contribution in [2.45, 2.75) is 19.5 Å². The molecule has 0 saturated heterocycles. The van der Waals surface area contributed by atoms with Crippen LogP contribution < -0.4 is 15.4 Å². The topological polar surface area (TPSA) is 118 Å². The van der Waals surface area contributed by atoms with E-state index in [2.05, 4.69) is 10.3 Å². The van der Waals surface area contributed by atoms with Gasteiger partial charge in [-0.25, -0.2) is 9.78 Å². The van der Waals surface area contributed by atoms with Gasteiger partial charge in [0.05, 0.1) is 30.5 Å². The van der Waals surface area contributed by atoms with Gasteiger partial charge < -0.3 is 15.2 Å². The smallest absolute Gasteiger partial charge is 0.416 e. The number of aromatic nitrogens is 1. The number of ketones is 1. The minimum Gasteiger partial charge on any atom is -0.481 e. The molecular formula is C24H20F3N3O5. The molecule has 3 rings (SSSR count). The average molecular weight is 487 g/mol. The third kappa shape index (κ3) is 6.34. The van der Waals surface area contributed by atoms with Gasteiger partial charge in [-0.15, -0.1) is 0 Å². The lowest BCUT2D eigenvalue weighted by atomic mass is 10.0. The number of methoxy groups -OCH3 is 1. The van der Waals surface area contributed by atoms with Gasteiger partial charge >= 0.3 is 12.3 Å². The molecule has 0 aliphatic carbocycles. The number of aryl methyl sites for hydroxylation is 1. The van der Waals surface area contributed by atoms with Gasteiger partial charge in [-0.2, -0.15) is 13.2 Å². The Balaban J connectivity index is 1.80. The summed E-state index contributed by atoms with van der Waals surface area (Å²) >= 11 is 0. The number of carbonyl (C=O) groups excluding carboxylic acids is 2. The number of nitrogens with one attached hydrogen (secondary N) is 2. The number of benzene rings is 2. The SMILES string of the molecule is COc1ccc(-c2cccc(C(=O)CC(=O)Nc3cc(C(F)(F)F)c(C)cc3NC(=O)O)c2)cn1. The van der Waals surface area contributed by atoms with Gasteiger partial charge in [0.1, 0.15) is 0 Å². The monoisotopic (exact) mass is 487 g/mol. The van der Waals surface area contributed by atoms with E-state index in [4.69, 9.17) is 9.84 Å². The van der Waals surface area contributed by atoms with Crippen LogP contribution in [-0.2, 0) is 11.0 Å². The molecule has 8 nitrogen and oxygen atoms in total. The molecule has 0 fully saturated rings. The number of hydrogen-bond donors (Lipinski definition) is 3. The summed E-state index contributed by atoms with van der Waals surface area (Å²) in [4.78, 5) is 40.3. The van der Waals surface area contributed by atoms with Crippen molar-refractivity contribution < 1.29 is 37.4 Å². The van der Waals surface area contributed by atoms with Crippen LogP contribution in [0.5, 0.6) is 5.88 Å². The number of ether oxygens (including phenoxy) is 1. The lowest BCUT2D eigenvalue weighted by molar-refractivity contribution is -0.138. The first-order valence-electron chi connectivity index (χ1n) is 10.1. The highest BCUT2D eigenvalue weighted by molar-refractivity contribution is 6.12. The van der Waals surface area contributed by atoms with Crippen molar-refractivity contribution in [3.05, 3.63) is 71.4 Å². The third-order valence-corrected chi connectivity index (χ3v) is 4.97. The molecule has 0 radical (unpaired) electrons. The lowest BCUT2D eigenvalue weighted by Crippen LogP contribution is -2.20. The summed E-state index contributed by atoms with van der Waals surface area (Å²) in [5.41, 5.74) is -0.381. The first-order chi connectivity index (χ1) is 16.5. The fourth-order valence-electron chi connectivity index (χ4n) is 3.32. The summed E-state index contributed by atoms with van der Waals surface area (Å²) in [6.45, 7) is 1.16. The van der Waals surface area contributed by atoms with Gasteiger partial charge in [0, 0.05) is 23.4 Å². The van der Waals surface area contributed by atoms with E-state index in [1.807, 2.05) is 5.32 Å². The van der Waals surface area contributed by atoms with E-state index < -0.39 is 41.6 Å². The van der Waals surface area contributed by atoms with Gasteiger partial charge in [-0.3, -0.25) is 14.9 Å². The van der Waals surface area contributed by atoms with Crippen LogP contribution in [0.15, 0.2) is 54.7 Å². The maximum atomic E-state index is 13.3. The zero-order chi connectivity index (χ0) is 25.8. The van der Waals surface area contributed by atoms with E-state index >= 15 is 0 Å². The second-order valence-corrected chi connectivity index (χ2v) is 7.46. The number of carbonyl (C=O) groups is 3. The molecule has 0 spiro atoms. The molecule has 0 saturated carbocycles. The summed E-state index contributed by atoms with van der Waals surface area (Å²) in [5, 5.41) is 13.1. The summed E-state index contributed by atoms with van der Waals surface area (Å²) in [7, 11) is 1.48. The number of carboxylic acid groups (broad SMARTS) is 1. The van der Waals surface area contributed by atoms with Crippen molar-refractivity contribution in [1.82, 2.24) is 4.98 Å². The van der Waals surface area contributed by atoms with Crippen LogP contribution >= 0.6 is 0 Å². The Hall–Kier alpha value is -4.41. The number of rotatable bonds is 7. The van der Waals surface area contributed by atoms with Crippen LogP contribution in [-0.4, -0.2) is 35.0 Å². The molecular weight excluding hydrogens is 467 g/mol. The van der Waals surface area contributed by atoms with Crippen molar-refractivity contribution in [3.8, 4) is 17.0 Å². The van der Waals surface area contributed by atoms with E-state index in [0.29, 0.717) is 23.1 Å². The van der Waals surface area contributed by atoms with Gasteiger partial charge in [0.15, 0.2) is 5.78 Å². The van der Waals surface area contributed by atoms with Crippen molar-refractivity contribution in [1.29, 1.82) is 0 Å². The van der Waals surface area contributed by atoms with Crippen molar-refractivity contribution in [2.75, 3.05) is 17.7 Å². The van der Waals surface area contributed by atoms with E-state index in [0.717, 1.165) is 13.0 Å². The van der Waals surface area contributed by atoms with Crippen LogP contribution in [0.2, 0.25) is 0 Å². The van der Waals surface area contributed by atoms with Crippen molar-refractivity contribution in [2.24, 2.45) is 0 Å². The molecule has 0 bridgehead atoms. The number of Topliss-reactive ketones (excluding diaryl/α,β-unsaturated/α-hetero) is 1. The van der Waals surface area contributed by atoms with Crippen LogP contribution in [0.4, 0.5) is 29.3 Å². The zero-order valence-electron chi connectivity index (χ0n) is 18.6. The summed E-state index contributed by atoms with van der Waals surface area (Å²) in [5.74, 6) is -1.07. The Morgan fingerprint density at radius 2 is 1.71 bits per heavy atom. The highest BCUT2D eigenvalue weighted by Crippen LogP contribution is 2.37. The van der Waals surface area contributed by atoms with E-state index in [9.17, 15) is 27.6 Å². The maximum Gasteiger partial charge on any atom is 0.416 e. The standard InChI is InChI=1S/C24H20F3N3O5/c1-13-8-18(30-23(33)34)19(10-17(13)24(25,26)27)29-21(32)11-20(31)15-5-3-4-14(9-15)16-6-7-22(35-2)28-12-16/h3-10,12,30H,11H2,1-2H3,(H,29,32)(H,33,34). The summed E-state index contributed by atoms with van der Waals surface area (Å²) < 4.78 is 44.9. The quantitative estimate of drug-likeness (QED) is 0.304. The minimum absolute atomic E-state index is 0.206. The molecule has 0 unspecified atom stereocenters. The molecule has 3 aromatic rings. The molecule has 0 aliphatic heterocycles. The molecule has 35 heavy (non-hydrogen) atoms. The molecule has 2 amide bonds. The fraction of sp³-hybridized carbons (Fsp3) is 0.167. The van der Waals surface area contributed by atoms with Crippen LogP contribution in [0.1, 0.15) is 27.9 Å². The average Bonchev–Trinajstić information content (AvgIpc) is 2.79. The summed E-state index contributed by atoms with van der Waals surface area (Å²) in [6, 6.07) is 11.4. The highest BCUT2D eigenvalue weighted by Gasteiger charge is 2.33. The largest absolute Gasteiger partial charge is 0.481 e. The van der Waals surface area contributed by atoms with Crippen LogP contribution in [0, 0.1) is 6.92 Å². The second-order valence-electron chi connectivity index (χ2n) is 7.46. The zero-order valence-corrected chi connectivity index (χ0v) is 18.6. The number of alkyl halides is 3. The number of amides is 2. The summed E-state index contributed by atoms with van der Waals surface area (Å²) in [6.07, 6.45) is -5.37. The van der Waals surface area contributed by atoms with Crippen molar-refractivity contribution >= 4 is 29.2 Å². The lowest BCUT2D eigenvalue weighted by Gasteiger charge is -2.17. The predicted octanol–water partition coefficient (Wildman–Crippen LogP) is 5.39. The molecule has 0 atom stereocenters. The third-order valence-electron chi connectivity index (χ3n) is 4.97. The van der Waals surface area contributed by atoms with Gasteiger partial charge in [-0.1, -0.05) is 18.2 Å². The Morgan fingerprint density at radius 3 is 2.31 bits per heavy atom. The van der Waals surface area contributed by atoms with Crippen molar-refractivity contribution in [3.63, 3.8) is 0 Å². The van der Waals surface area contributed by atoms with E-state index in [-0.39, 0.29) is 16.8 Å². The number of anilines is 2. The number of hydrogen-bond acceptors (Lipinski definition) is 5. The van der Waals surface area contributed by atoms with Gasteiger partial charge in [0.2, 0.25) is 11.8 Å². The molecule has 182 valence electrons. The highest BCUT2D eigenvalue weighted by atomic mass is 19.4. The van der Waals surface area contributed by atoms with Crippen LogP contribution in [0.3, 0.4) is 0 Å². The normalized spacial score (nSPS) is 11.0.